The van der Waals surface area contributed by atoms with Crippen molar-refractivity contribution in [3.05, 3.63) is 29.6 Å². The molecular formula is C16H20FN3O. The molecule has 4 nitrogen and oxygen atoms in total. The molecule has 1 aliphatic heterocycles. The summed E-state index contributed by atoms with van der Waals surface area (Å²) in [7, 11) is 0. The van der Waals surface area contributed by atoms with Crippen molar-refractivity contribution in [3.63, 3.8) is 0 Å². The molecule has 0 atom stereocenters. The van der Waals surface area contributed by atoms with E-state index in [0.717, 1.165) is 38.8 Å². The van der Waals surface area contributed by atoms with E-state index < -0.39 is 0 Å². The highest BCUT2D eigenvalue weighted by Crippen LogP contribution is 2.28. The van der Waals surface area contributed by atoms with E-state index in [1.54, 1.807) is 13.0 Å². The lowest BCUT2D eigenvalue weighted by Gasteiger charge is -2.18. The Kier molecular flexibility index (Phi) is 3.90. The molecule has 1 saturated carbocycles. The number of hydrogen-bond donors (Lipinski definition) is 1. The largest absolute Gasteiger partial charge is 0.369 e. The minimum Gasteiger partial charge on any atom is -0.369 e. The Balaban J connectivity index is 1.71. The number of anilines is 1. The molecule has 2 aliphatic rings. The van der Waals surface area contributed by atoms with Crippen LogP contribution in [0.5, 0.6) is 0 Å². The van der Waals surface area contributed by atoms with E-state index in [2.05, 4.69) is 15.4 Å². The maximum atomic E-state index is 14.2. The molecule has 21 heavy (non-hydrogen) atoms. The Morgan fingerprint density at radius 2 is 2.05 bits per heavy atom. The second-order valence-corrected chi connectivity index (χ2v) is 5.81. The molecule has 1 aromatic rings. The van der Waals surface area contributed by atoms with Gasteiger partial charge < -0.3 is 4.90 Å². The SMILES string of the molecule is C/C(=N/NC(=O)C1CC1)c1ccc(N2CCCC2)c(F)c1. The van der Waals surface area contributed by atoms with Gasteiger partial charge in [-0.1, -0.05) is 6.07 Å². The molecular weight excluding hydrogens is 269 g/mol. The lowest BCUT2D eigenvalue weighted by atomic mass is 10.1. The lowest BCUT2D eigenvalue weighted by molar-refractivity contribution is -0.122. The van der Waals surface area contributed by atoms with Gasteiger partial charge in [0.05, 0.1) is 11.4 Å². The van der Waals surface area contributed by atoms with Crippen molar-refractivity contribution in [2.75, 3.05) is 18.0 Å². The van der Waals surface area contributed by atoms with Gasteiger partial charge in [0, 0.05) is 24.6 Å². The third kappa shape index (κ3) is 3.23. The summed E-state index contributed by atoms with van der Waals surface area (Å²) >= 11 is 0. The third-order valence-electron chi connectivity index (χ3n) is 4.09. The number of carbonyl (C=O) groups is 1. The minimum absolute atomic E-state index is 0.0384. The average molecular weight is 289 g/mol. The molecule has 1 amide bonds. The van der Waals surface area contributed by atoms with Crippen LogP contribution in [0.2, 0.25) is 0 Å². The van der Waals surface area contributed by atoms with Crippen LogP contribution >= 0.6 is 0 Å². The van der Waals surface area contributed by atoms with E-state index in [-0.39, 0.29) is 17.6 Å². The first-order chi connectivity index (χ1) is 10.1. The molecule has 1 heterocycles. The molecule has 1 saturated heterocycles. The first-order valence-corrected chi connectivity index (χ1v) is 7.54. The maximum absolute atomic E-state index is 14.2. The van der Waals surface area contributed by atoms with Gasteiger partial charge in [-0.2, -0.15) is 5.10 Å². The fourth-order valence-electron chi connectivity index (χ4n) is 2.59. The van der Waals surface area contributed by atoms with Gasteiger partial charge in [-0.25, -0.2) is 9.82 Å². The average Bonchev–Trinajstić information content (AvgIpc) is 3.20. The number of rotatable bonds is 4. The number of nitrogens with zero attached hydrogens (tertiary/aromatic N) is 2. The summed E-state index contributed by atoms with van der Waals surface area (Å²) in [5, 5.41) is 4.06. The summed E-state index contributed by atoms with van der Waals surface area (Å²) < 4.78 is 14.2. The number of carbonyl (C=O) groups excluding carboxylic acids is 1. The van der Waals surface area contributed by atoms with E-state index in [9.17, 15) is 9.18 Å². The number of benzene rings is 1. The van der Waals surface area contributed by atoms with Crippen molar-refractivity contribution in [2.24, 2.45) is 11.0 Å². The molecule has 3 rings (SSSR count). The molecule has 5 heteroatoms. The molecule has 1 aliphatic carbocycles. The normalized spacial score (nSPS) is 19.0. The van der Waals surface area contributed by atoms with E-state index in [0.29, 0.717) is 17.0 Å². The molecule has 1 N–H and O–H groups in total. The minimum atomic E-state index is -0.225. The fraction of sp³-hybridized carbons (Fsp3) is 0.500. The standard InChI is InChI=1S/C16H20FN3O/c1-11(18-19-16(21)12-4-5-12)13-6-7-15(14(17)10-13)20-8-2-3-9-20/h6-7,10,12H,2-5,8-9H2,1H3,(H,19,21)/b18-11-. The zero-order valence-corrected chi connectivity index (χ0v) is 12.2. The molecule has 1 aromatic carbocycles. The van der Waals surface area contributed by atoms with Crippen molar-refractivity contribution < 1.29 is 9.18 Å². The fourth-order valence-corrected chi connectivity index (χ4v) is 2.59. The lowest BCUT2D eigenvalue weighted by Crippen LogP contribution is -2.21. The zero-order valence-electron chi connectivity index (χ0n) is 12.2. The van der Waals surface area contributed by atoms with Gasteiger partial charge in [0.2, 0.25) is 5.91 Å². The molecule has 0 spiro atoms. The Morgan fingerprint density at radius 3 is 2.67 bits per heavy atom. The van der Waals surface area contributed by atoms with Gasteiger partial charge in [-0.15, -0.1) is 0 Å². The molecule has 0 unspecified atom stereocenters. The second kappa shape index (κ2) is 5.84. The van der Waals surface area contributed by atoms with Gasteiger partial charge in [0.15, 0.2) is 0 Å². The van der Waals surface area contributed by atoms with Gasteiger partial charge in [0.1, 0.15) is 5.82 Å². The van der Waals surface area contributed by atoms with E-state index >= 15 is 0 Å². The molecule has 112 valence electrons. The third-order valence-corrected chi connectivity index (χ3v) is 4.09. The molecule has 0 bridgehead atoms. The van der Waals surface area contributed by atoms with Gasteiger partial charge in [-0.3, -0.25) is 4.79 Å². The monoisotopic (exact) mass is 289 g/mol. The van der Waals surface area contributed by atoms with Crippen LogP contribution in [0.1, 0.15) is 38.2 Å². The van der Waals surface area contributed by atoms with E-state index in [1.165, 1.54) is 6.07 Å². The van der Waals surface area contributed by atoms with Crippen LogP contribution in [0.4, 0.5) is 10.1 Å². The topological polar surface area (TPSA) is 44.7 Å². The predicted octanol–water partition coefficient (Wildman–Crippen LogP) is 2.68. The number of halogens is 1. The maximum Gasteiger partial charge on any atom is 0.243 e. The summed E-state index contributed by atoms with van der Waals surface area (Å²) in [6, 6.07) is 5.16. The van der Waals surface area contributed by atoms with Crippen molar-refractivity contribution in [1.82, 2.24) is 5.43 Å². The summed E-state index contributed by atoms with van der Waals surface area (Å²) in [5.41, 5.74) is 4.53. The highest BCUT2D eigenvalue weighted by Gasteiger charge is 2.29. The number of hydrogen-bond acceptors (Lipinski definition) is 3. The number of amides is 1. The summed E-state index contributed by atoms with van der Waals surface area (Å²) in [4.78, 5) is 13.6. The zero-order chi connectivity index (χ0) is 14.8. The summed E-state index contributed by atoms with van der Waals surface area (Å²) in [6.45, 7) is 3.61. The molecule has 0 aromatic heterocycles. The van der Waals surface area contributed by atoms with Crippen LogP contribution in [0.25, 0.3) is 0 Å². The van der Waals surface area contributed by atoms with Crippen LogP contribution in [-0.4, -0.2) is 24.7 Å². The highest BCUT2D eigenvalue weighted by molar-refractivity contribution is 5.99. The Bertz CT molecular complexity index is 575. The first-order valence-electron chi connectivity index (χ1n) is 7.54. The molecule has 0 radical (unpaired) electrons. The van der Waals surface area contributed by atoms with Crippen LogP contribution in [-0.2, 0) is 4.79 Å². The van der Waals surface area contributed by atoms with Gasteiger partial charge >= 0.3 is 0 Å². The van der Waals surface area contributed by atoms with Crippen LogP contribution in [0, 0.1) is 11.7 Å². The quantitative estimate of drug-likeness (QED) is 0.684. The smallest absolute Gasteiger partial charge is 0.243 e. The van der Waals surface area contributed by atoms with Crippen LogP contribution in [0.3, 0.4) is 0 Å². The van der Waals surface area contributed by atoms with Crippen molar-refractivity contribution >= 4 is 17.3 Å². The Morgan fingerprint density at radius 1 is 1.33 bits per heavy atom. The number of hydrazone groups is 1. The van der Waals surface area contributed by atoms with Gasteiger partial charge in [-0.05, 0) is 44.7 Å². The van der Waals surface area contributed by atoms with Gasteiger partial charge in [0.25, 0.3) is 0 Å². The number of nitrogens with one attached hydrogen (secondary N) is 1. The van der Waals surface area contributed by atoms with Crippen molar-refractivity contribution in [2.45, 2.75) is 32.6 Å². The van der Waals surface area contributed by atoms with Crippen molar-refractivity contribution in [3.8, 4) is 0 Å². The van der Waals surface area contributed by atoms with Crippen LogP contribution < -0.4 is 10.3 Å². The molecule has 2 fully saturated rings. The summed E-state index contributed by atoms with van der Waals surface area (Å²) in [6.07, 6.45) is 4.13. The van der Waals surface area contributed by atoms with E-state index in [4.69, 9.17) is 0 Å². The first kappa shape index (κ1) is 14.0. The Hall–Kier alpha value is -1.91. The summed E-state index contributed by atoms with van der Waals surface area (Å²) in [5.74, 6) is -0.142. The Labute approximate surface area is 124 Å². The van der Waals surface area contributed by atoms with Crippen molar-refractivity contribution in [1.29, 1.82) is 0 Å². The van der Waals surface area contributed by atoms with Crippen LogP contribution in [0.15, 0.2) is 23.3 Å². The predicted molar refractivity (Wildman–Crippen MR) is 80.9 cm³/mol. The second-order valence-electron chi connectivity index (χ2n) is 5.81. The van der Waals surface area contributed by atoms with E-state index in [1.807, 2.05) is 6.07 Å². The highest BCUT2D eigenvalue weighted by atomic mass is 19.1.